The van der Waals surface area contributed by atoms with E-state index in [1.807, 2.05) is 0 Å². The number of rotatable bonds is 0. The molecule has 0 fully saturated rings. The molecule has 0 aliphatic carbocycles. The van der Waals surface area contributed by atoms with E-state index in [1.54, 1.807) is 31.3 Å². The molecule has 3 rings (SSSR count). The number of para-hydroxylation sites is 1. The van der Waals surface area contributed by atoms with Gasteiger partial charge in [-0.2, -0.15) is 9.61 Å². The lowest BCUT2D eigenvalue weighted by Gasteiger charge is -2.02. The minimum atomic E-state index is -0.345. The summed E-state index contributed by atoms with van der Waals surface area (Å²) in [7, 11) is 1.57. The third-order valence-corrected chi connectivity index (χ3v) is 2.61. The second-order valence-electron chi connectivity index (χ2n) is 3.72. The third kappa shape index (κ3) is 1.27. The van der Waals surface area contributed by atoms with Crippen LogP contribution in [0.2, 0.25) is 0 Å². The van der Waals surface area contributed by atoms with E-state index in [4.69, 9.17) is 0 Å². The molecule has 0 aliphatic rings. The van der Waals surface area contributed by atoms with Crippen molar-refractivity contribution in [2.45, 2.75) is 0 Å². The summed E-state index contributed by atoms with van der Waals surface area (Å²) in [5.41, 5.74) is -0.132. The fourth-order valence-electron chi connectivity index (χ4n) is 1.71. The SMILES string of the molecule is Cn1cnn2c(=O)c3ccccc3nc2c1=O. The minimum Gasteiger partial charge on any atom is -0.298 e. The molecule has 2 heterocycles. The van der Waals surface area contributed by atoms with Gasteiger partial charge in [-0.05, 0) is 12.1 Å². The van der Waals surface area contributed by atoms with Crippen LogP contribution in [0, 0.1) is 0 Å². The highest BCUT2D eigenvalue weighted by Gasteiger charge is 2.08. The molecule has 0 bridgehead atoms. The maximum absolute atomic E-state index is 12.1. The molecule has 0 unspecified atom stereocenters. The molecule has 0 atom stereocenters. The van der Waals surface area contributed by atoms with Crippen LogP contribution in [-0.4, -0.2) is 19.2 Å². The number of hydrogen-bond acceptors (Lipinski definition) is 4. The van der Waals surface area contributed by atoms with E-state index < -0.39 is 0 Å². The van der Waals surface area contributed by atoms with E-state index in [0.717, 1.165) is 4.52 Å². The average molecular weight is 228 g/mol. The summed E-state index contributed by atoms with van der Waals surface area (Å²) in [4.78, 5) is 28.1. The Labute approximate surface area is 94.8 Å². The molecule has 84 valence electrons. The Balaban J connectivity index is 2.69. The van der Waals surface area contributed by atoms with Crippen molar-refractivity contribution in [3.05, 3.63) is 51.3 Å². The smallest absolute Gasteiger partial charge is 0.296 e. The van der Waals surface area contributed by atoms with Gasteiger partial charge in [0, 0.05) is 7.05 Å². The maximum atomic E-state index is 12.1. The van der Waals surface area contributed by atoms with E-state index in [-0.39, 0.29) is 16.8 Å². The second kappa shape index (κ2) is 3.24. The van der Waals surface area contributed by atoms with Gasteiger partial charge in [-0.25, -0.2) is 4.98 Å². The highest BCUT2D eigenvalue weighted by atomic mass is 16.1. The van der Waals surface area contributed by atoms with Crippen molar-refractivity contribution < 1.29 is 0 Å². The van der Waals surface area contributed by atoms with Crippen molar-refractivity contribution in [2.75, 3.05) is 0 Å². The summed E-state index contributed by atoms with van der Waals surface area (Å²) >= 11 is 0. The lowest BCUT2D eigenvalue weighted by Crippen LogP contribution is -2.28. The number of aromatic nitrogens is 4. The predicted molar refractivity (Wildman–Crippen MR) is 62.0 cm³/mol. The van der Waals surface area contributed by atoms with Gasteiger partial charge in [0.15, 0.2) is 0 Å². The van der Waals surface area contributed by atoms with Crippen molar-refractivity contribution in [3.8, 4) is 0 Å². The van der Waals surface area contributed by atoms with Crippen molar-refractivity contribution in [1.29, 1.82) is 0 Å². The van der Waals surface area contributed by atoms with Gasteiger partial charge in [-0.1, -0.05) is 12.1 Å². The molecule has 0 radical (unpaired) electrons. The summed E-state index contributed by atoms with van der Waals surface area (Å²) in [6.07, 6.45) is 1.30. The van der Waals surface area contributed by atoms with E-state index in [9.17, 15) is 9.59 Å². The van der Waals surface area contributed by atoms with Crippen LogP contribution in [0.1, 0.15) is 0 Å². The molecule has 0 saturated carbocycles. The summed E-state index contributed by atoms with van der Waals surface area (Å²) in [6, 6.07) is 6.88. The van der Waals surface area contributed by atoms with Crippen molar-refractivity contribution in [3.63, 3.8) is 0 Å². The topological polar surface area (TPSA) is 69.3 Å². The third-order valence-electron chi connectivity index (χ3n) is 2.61. The Morgan fingerprint density at radius 1 is 1.12 bits per heavy atom. The van der Waals surface area contributed by atoms with E-state index in [1.165, 1.54) is 10.9 Å². The Kier molecular flexibility index (Phi) is 1.85. The van der Waals surface area contributed by atoms with Gasteiger partial charge in [0.1, 0.15) is 6.33 Å². The lowest BCUT2D eigenvalue weighted by molar-refractivity contribution is 0.741. The van der Waals surface area contributed by atoms with E-state index in [0.29, 0.717) is 10.9 Å². The molecule has 1 aromatic carbocycles. The normalized spacial score (nSPS) is 11.1. The summed E-state index contributed by atoms with van der Waals surface area (Å²) in [5.74, 6) is 0. The highest BCUT2D eigenvalue weighted by Crippen LogP contribution is 2.05. The van der Waals surface area contributed by atoms with Gasteiger partial charge < -0.3 is 0 Å². The number of nitrogens with zero attached hydrogens (tertiary/aromatic N) is 4. The molecule has 2 aromatic heterocycles. The van der Waals surface area contributed by atoms with Crippen LogP contribution in [0.25, 0.3) is 16.6 Å². The Hall–Kier alpha value is -2.50. The number of aryl methyl sites for hydroxylation is 1. The largest absolute Gasteiger partial charge is 0.298 e. The molecular formula is C11H8N4O2. The van der Waals surface area contributed by atoms with Gasteiger partial charge in [-0.3, -0.25) is 14.2 Å². The molecular weight excluding hydrogens is 220 g/mol. The fourth-order valence-corrected chi connectivity index (χ4v) is 1.71. The first-order valence-electron chi connectivity index (χ1n) is 5.02. The van der Waals surface area contributed by atoms with Crippen LogP contribution in [0.15, 0.2) is 40.2 Å². The first kappa shape index (κ1) is 9.71. The quantitative estimate of drug-likeness (QED) is 0.505. The highest BCUT2D eigenvalue weighted by molar-refractivity contribution is 5.79. The van der Waals surface area contributed by atoms with Crippen molar-refractivity contribution in [2.24, 2.45) is 7.05 Å². The number of benzene rings is 1. The van der Waals surface area contributed by atoms with Crippen LogP contribution < -0.4 is 11.1 Å². The predicted octanol–water partition coefficient (Wildman–Crippen LogP) is -0.0586. The molecule has 0 spiro atoms. The van der Waals surface area contributed by atoms with Crippen LogP contribution in [0.5, 0.6) is 0 Å². The molecule has 0 aliphatic heterocycles. The second-order valence-corrected chi connectivity index (χ2v) is 3.72. The number of fused-ring (bicyclic) bond motifs is 2. The minimum absolute atomic E-state index is 0.0405. The van der Waals surface area contributed by atoms with Gasteiger partial charge in [0.05, 0.1) is 10.9 Å². The zero-order valence-electron chi connectivity index (χ0n) is 8.99. The molecule has 0 saturated heterocycles. The van der Waals surface area contributed by atoms with Crippen LogP contribution in [0.4, 0.5) is 0 Å². The van der Waals surface area contributed by atoms with Gasteiger partial charge in [0.25, 0.3) is 11.1 Å². The fraction of sp³-hybridized carbons (Fsp3) is 0.0909. The maximum Gasteiger partial charge on any atom is 0.296 e. The molecule has 0 amide bonds. The van der Waals surface area contributed by atoms with Gasteiger partial charge in [0.2, 0.25) is 5.65 Å². The Bertz CT molecular complexity index is 847. The van der Waals surface area contributed by atoms with Crippen molar-refractivity contribution in [1.82, 2.24) is 19.2 Å². The summed E-state index contributed by atoms with van der Waals surface area (Å²) in [6.45, 7) is 0. The zero-order valence-corrected chi connectivity index (χ0v) is 8.99. The van der Waals surface area contributed by atoms with Crippen LogP contribution in [0.3, 0.4) is 0 Å². The summed E-state index contributed by atoms with van der Waals surface area (Å²) < 4.78 is 2.32. The Morgan fingerprint density at radius 2 is 1.88 bits per heavy atom. The van der Waals surface area contributed by atoms with Gasteiger partial charge >= 0.3 is 0 Å². The standard InChI is InChI=1S/C11H8N4O2/c1-14-6-12-15-9(11(14)17)13-8-5-3-2-4-7(8)10(15)16/h2-6H,1H3. The first-order chi connectivity index (χ1) is 8.18. The van der Waals surface area contributed by atoms with Gasteiger partial charge in [-0.15, -0.1) is 0 Å². The zero-order chi connectivity index (χ0) is 12.0. The molecule has 6 nitrogen and oxygen atoms in total. The first-order valence-corrected chi connectivity index (χ1v) is 5.02. The van der Waals surface area contributed by atoms with Crippen molar-refractivity contribution >= 4 is 16.6 Å². The summed E-state index contributed by atoms with van der Waals surface area (Å²) in [5, 5.41) is 4.35. The Morgan fingerprint density at radius 3 is 2.71 bits per heavy atom. The monoisotopic (exact) mass is 228 g/mol. The average Bonchev–Trinajstić information content (AvgIpc) is 2.35. The molecule has 6 heteroatoms. The van der Waals surface area contributed by atoms with Crippen LogP contribution >= 0.6 is 0 Å². The molecule has 3 aromatic rings. The van der Waals surface area contributed by atoms with E-state index in [2.05, 4.69) is 10.1 Å². The van der Waals surface area contributed by atoms with Crippen LogP contribution in [-0.2, 0) is 7.05 Å². The molecule has 17 heavy (non-hydrogen) atoms. The molecule has 0 N–H and O–H groups in total. The number of hydrogen-bond donors (Lipinski definition) is 0. The van der Waals surface area contributed by atoms with E-state index >= 15 is 0 Å². The lowest BCUT2D eigenvalue weighted by atomic mass is 10.2.